The van der Waals surface area contributed by atoms with Gasteiger partial charge in [-0.05, 0) is 28.4 Å². The first-order chi connectivity index (χ1) is 7.63. The van der Waals surface area contributed by atoms with Gasteiger partial charge in [0, 0.05) is 13.2 Å². The first-order valence-electron chi connectivity index (χ1n) is 4.93. The van der Waals surface area contributed by atoms with Crippen LogP contribution in [0.1, 0.15) is 28.7 Å². The number of aryl methyl sites for hydroxylation is 2. The van der Waals surface area contributed by atoms with Crippen molar-refractivity contribution >= 4 is 21.7 Å². The summed E-state index contributed by atoms with van der Waals surface area (Å²) >= 11 is 3.28. The molecule has 4 nitrogen and oxygen atoms in total. The molecular formula is C11H11BrN2O2. The van der Waals surface area contributed by atoms with Crippen LogP contribution in [0.3, 0.4) is 0 Å². The number of furan rings is 1. The molecule has 0 saturated carbocycles. The maximum Gasteiger partial charge on any atom is 0.232 e. The van der Waals surface area contributed by atoms with Crippen LogP contribution in [0.25, 0.3) is 0 Å². The lowest BCUT2D eigenvalue weighted by Crippen LogP contribution is -2.02. The summed E-state index contributed by atoms with van der Waals surface area (Å²) in [4.78, 5) is 12.1. The molecule has 0 bridgehead atoms. The molecule has 0 aliphatic carbocycles. The maximum atomic E-state index is 12.1. The monoisotopic (exact) mass is 282 g/mol. The minimum Gasteiger partial charge on any atom is -0.460 e. The molecule has 2 aromatic heterocycles. The van der Waals surface area contributed by atoms with Crippen molar-refractivity contribution in [3.63, 3.8) is 0 Å². The Labute approximate surface area is 101 Å². The van der Waals surface area contributed by atoms with Gasteiger partial charge in [-0.1, -0.05) is 6.92 Å². The van der Waals surface area contributed by atoms with Gasteiger partial charge in [-0.2, -0.15) is 5.10 Å². The second-order valence-corrected chi connectivity index (χ2v) is 4.30. The molecule has 0 aromatic carbocycles. The SMILES string of the molecule is CCc1nn(C)cc1C(=O)c1occc1Br. The molecule has 0 amide bonds. The number of carbonyl (C=O) groups excluding carboxylic acids is 1. The van der Waals surface area contributed by atoms with E-state index in [-0.39, 0.29) is 5.78 Å². The molecule has 2 heterocycles. The van der Waals surface area contributed by atoms with Crippen molar-refractivity contribution in [2.45, 2.75) is 13.3 Å². The highest BCUT2D eigenvalue weighted by Crippen LogP contribution is 2.22. The van der Waals surface area contributed by atoms with Gasteiger partial charge in [0.1, 0.15) is 0 Å². The molecule has 84 valence electrons. The fraction of sp³-hybridized carbons (Fsp3) is 0.273. The van der Waals surface area contributed by atoms with Crippen LogP contribution < -0.4 is 0 Å². The van der Waals surface area contributed by atoms with E-state index in [2.05, 4.69) is 21.0 Å². The molecule has 0 aliphatic heterocycles. The van der Waals surface area contributed by atoms with Crippen molar-refractivity contribution in [2.24, 2.45) is 7.05 Å². The Morgan fingerprint density at radius 3 is 2.94 bits per heavy atom. The lowest BCUT2D eigenvalue weighted by atomic mass is 10.1. The highest BCUT2D eigenvalue weighted by atomic mass is 79.9. The minimum atomic E-state index is -0.137. The molecule has 0 saturated heterocycles. The smallest absolute Gasteiger partial charge is 0.232 e. The summed E-state index contributed by atoms with van der Waals surface area (Å²) in [6.07, 6.45) is 3.93. The van der Waals surface area contributed by atoms with E-state index in [4.69, 9.17) is 4.42 Å². The summed E-state index contributed by atoms with van der Waals surface area (Å²) in [5.41, 5.74) is 1.39. The molecule has 2 aromatic rings. The summed E-state index contributed by atoms with van der Waals surface area (Å²) in [6, 6.07) is 1.70. The van der Waals surface area contributed by atoms with Gasteiger partial charge in [0.25, 0.3) is 0 Å². The molecule has 0 atom stereocenters. The van der Waals surface area contributed by atoms with E-state index in [1.807, 2.05) is 6.92 Å². The third kappa shape index (κ3) is 1.82. The summed E-state index contributed by atoms with van der Waals surface area (Å²) in [5.74, 6) is 0.185. The predicted molar refractivity (Wildman–Crippen MR) is 62.4 cm³/mol. The Bertz CT molecular complexity index is 528. The quantitative estimate of drug-likeness (QED) is 0.813. The van der Waals surface area contributed by atoms with E-state index in [1.165, 1.54) is 6.26 Å². The summed E-state index contributed by atoms with van der Waals surface area (Å²) in [5, 5.41) is 4.23. The molecule has 5 heteroatoms. The van der Waals surface area contributed by atoms with Crippen LogP contribution in [-0.2, 0) is 13.5 Å². The highest BCUT2D eigenvalue weighted by molar-refractivity contribution is 9.10. The van der Waals surface area contributed by atoms with Gasteiger partial charge in [-0.15, -0.1) is 0 Å². The second-order valence-electron chi connectivity index (χ2n) is 3.44. The van der Waals surface area contributed by atoms with Gasteiger partial charge < -0.3 is 4.42 Å². The van der Waals surface area contributed by atoms with E-state index in [9.17, 15) is 4.79 Å². The molecule has 2 rings (SSSR count). The molecule has 0 radical (unpaired) electrons. The molecule has 0 fully saturated rings. The summed E-state index contributed by atoms with van der Waals surface area (Å²) in [7, 11) is 1.80. The summed E-state index contributed by atoms with van der Waals surface area (Å²) in [6.45, 7) is 1.97. The largest absolute Gasteiger partial charge is 0.460 e. The lowest BCUT2D eigenvalue weighted by molar-refractivity contribution is 0.101. The van der Waals surface area contributed by atoms with Gasteiger partial charge in [0.2, 0.25) is 5.78 Å². The summed E-state index contributed by atoms with van der Waals surface area (Å²) < 4.78 is 7.47. The Balaban J connectivity index is 2.45. The van der Waals surface area contributed by atoms with Gasteiger partial charge >= 0.3 is 0 Å². The van der Waals surface area contributed by atoms with E-state index >= 15 is 0 Å². The van der Waals surface area contributed by atoms with Crippen molar-refractivity contribution in [1.82, 2.24) is 9.78 Å². The van der Waals surface area contributed by atoms with Crippen molar-refractivity contribution in [1.29, 1.82) is 0 Å². The number of carbonyl (C=O) groups is 1. The second kappa shape index (κ2) is 4.25. The van der Waals surface area contributed by atoms with Crippen LogP contribution in [0.5, 0.6) is 0 Å². The standard InChI is InChI=1S/C11H11BrN2O2/c1-3-9-7(6-14(2)13-9)10(15)11-8(12)4-5-16-11/h4-6H,3H2,1-2H3. The molecule has 16 heavy (non-hydrogen) atoms. The number of ketones is 1. The van der Waals surface area contributed by atoms with Crippen molar-refractivity contribution in [3.8, 4) is 0 Å². The van der Waals surface area contributed by atoms with Gasteiger partial charge in [0.05, 0.1) is 22.0 Å². The molecule has 0 N–H and O–H groups in total. The minimum absolute atomic E-state index is 0.137. The Kier molecular flexibility index (Phi) is 2.96. The highest BCUT2D eigenvalue weighted by Gasteiger charge is 2.20. The van der Waals surface area contributed by atoms with Crippen molar-refractivity contribution in [3.05, 3.63) is 40.0 Å². The van der Waals surface area contributed by atoms with E-state index in [0.717, 1.165) is 12.1 Å². The van der Waals surface area contributed by atoms with Crippen LogP contribution in [0, 0.1) is 0 Å². The van der Waals surface area contributed by atoms with Crippen molar-refractivity contribution < 1.29 is 9.21 Å². The average Bonchev–Trinajstić information content (AvgIpc) is 2.83. The lowest BCUT2D eigenvalue weighted by Gasteiger charge is -1.96. The average molecular weight is 283 g/mol. The molecule has 0 unspecified atom stereocenters. The van der Waals surface area contributed by atoms with Crippen LogP contribution in [0.15, 0.2) is 27.4 Å². The number of nitrogens with zero attached hydrogens (tertiary/aromatic N) is 2. The van der Waals surface area contributed by atoms with E-state index < -0.39 is 0 Å². The normalized spacial score (nSPS) is 10.7. The number of rotatable bonds is 3. The first-order valence-corrected chi connectivity index (χ1v) is 5.73. The fourth-order valence-corrected chi connectivity index (χ4v) is 1.94. The number of hydrogen-bond acceptors (Lipinski definition) is 3. The van der Waals surface area contributed by atoms with Gasteiger partial charge in [-0.3, -0.25) is 9.48 Å². The van der Waals surface area contributed by atoms with Crippen molar-refractivity contribution in [2.75, 3.05) is 0 Å². The van der Waals surface area contributed by atoms with Crippen LogP contribution >= 0.6 is 15.9 Å². The molecular weight excluding hydrogens is 272 g/mol. The Hall–Kier alpha value is -1.36. The van der Waals surface area contributed by atoms with Crippen LogP contribution in [0.4, 0.5) is 0 Å². The predicted octanol–water partition coefficient (Wildman–Crippen LogP) is 2.57. The first kappa shape index (κ1) is 11.1. The topological polar surface area (TPSA) is 48.0 Å². The Morgan fingerprint density at radius 1 is 1.62 bits per heavy atom. The third-order valence-corrected chi connectivity index (χ3v) is 2.93. The zero-order valence-electron chi connectivity index (χ0n) is 9.03. The van der Waals surface area contributed by atoms with E-state index in [1.54, 1.807) is 24.0 Å². The van der Waals surface area contributed by atoms with Gasteiger partial charge in [-0.25, -0.2) is 0 Å². The van der Waals surface area contributed by atoms with E-state index in [0.29, 0.717) is 15.8 Å². The maximum absolute atomic E-state index is 12.1. The number of hydrogen-bond donors (Lipinski definition) is 0. The van der Waals surface area contributed by atoms with Crippen LogP contribution in [0.2, 0.25) is 0 Å². The molecule has 0 spiro atoms. The third-order valence-electron chi connectivity index (χ3n) is 2.31. The fourth-order valence-electron chi connectivity index (χ4n) is 1.56. The zero-order chi connectivity index (χ0) is 11.7. The van der Waals surface area contributed by atoms with Gasteiger partial charge in [0.15, 0.2) is 5.76 Å². The number of halogens is 1. The Morgan fingerprint density at radius 2 is 2.38 bits per heavy atom. The zero-order valence-corrected chi connectivity index (χ0v) is 10.6. The van der Waals surface area contributed by atoms with Crippen LogP contribution in [-0.4, -0.2) is 15.6 Å². The number of aromatic nitrogens is 2. The molecule has 0 aliphatic rings.